The highest BCUT2D eigenvalue weighted by molar-refractivity contribution is 5.90. The van der Waals surface area contributed by atoms with Gasteiger partial charge < -0.3 is 10.4 Å². The van der Waals surface area contributed by atoms with E-state index in [-0.39, 0.29) is 22.7 Å². The zero-order chi connectivity index (χ0) is 14.7. The normalized spacial score (nSPS) is 12.0. The number of aromatic carboxylic acids is 1. The first-order chi connectivity index (χ1) is 8.81. The maximum absolute atomic E-state index is 12.0. The molecule has 1 rings (SSSR count). The molecule has 0 aliphatic rings. The van der Waals surface area contributed by atoms with Gasteiger partial charge in [-0.25, -0.2) is 4.79 Å². The van der Waals surface area contributed by atoms with E-state index < -0.39 is 12.0 Å². The fraction of sp³-hybridized carbons (Fsp3) is 0.462. The van der Waals surface area contributed by atoms with Crippen LogP contribution in [-0.4, -0.2) is 28.1 Å². The minimum Gasteiger partial charge on any atom is -0.478 e. The predicted octanol–water partition coefficient (Wildman–Crippen LogP) is 0.860. The number of carbonyl (C=O) groups excluding carboxylic acids is 1. The maximum Gasteiger partial charge on any atom is 0.337 e. The van der Waals surface area contributed by atoms with E-state index >= 15 is 0 Å². The summed E-state index contributed by atoms with van der Waals surface area (Å²) in [7, 11) is 0. The van der Waals surface area contributed by atoms with Crippen molar-refractivity contribution in [3.8, 4) is 0 Å². The minimum absolute atomic E-state index is 0.0655. The number of aromatic nitrogens is 1. The molecule has 0 bridgehead atoms. The second-order valence-corrected chi connectivity index (χ2v) is 4.37. The maximum atomic E-state index is 12.0. The van der Waals surface area contributed by atoms with Crippen molar-refractivity contribution in [3.05, 3.63) is 33.2 Å². The number of nitrogens with one attached hydrogen (secondary N) is 1. The van der Waals surface area contributed by atoms with Crippen molar-refractivity contribution < 1.29 is 14.7 Å². The van der Waals surface area contributed by atoms with Crippen molar-refractivity contribution in [2.45, 2.75) is 33.7 Å². The topological polar surface area (TPSA) is 88.4 Å². The summed E-state index contributed by atoms with van der Waals surface area (Å²) in [4.78, 5) is 35.0. The molecule has 0 fully saturated rings. The number of hydrogen-bond acceptors (Lipinski definition) is 3. The molecular weight excluding hydrogens is 248 g/mol. The summed E-state index contributed by atoms with van der Waals surface area (Å²) in [5.41, 5.74) is 0.375. The number of aryl methyl sites for hydroxylation is 1. The van der Waals surface area contributed by atoms with Crippen LogP contribution in [-0.2, 0) is 4.79 Å². The molecular formula is C13H18N2O4. The number of rotatable bonds is 4. The average Bonchev–Trinajstić information content (AvgIpc) is 2.27. The predicted molar refractivity (Wildman–Crippen MR) is 70.5 cm³/mol. The van der Waals surface area contributed by atoms with Crippen LogP contribution in [0.3, 0.4) is 0 Å². The fourth-order valence-corrected chi connectivity index (χ4v) is 2.14. The largest absolute Gasteiger partial charge is 0.478 e. The third-order valence-corrected chi connectivity index (χ3v) is 3.03. The van der Waals surface area contributed by atoms with Crippen LogP contribution in [0.5, 0.6) is 0 Å². The lowest BCUT2D eigenvalue weighted by atomic mass is 10.1. The summed E-state index contributed by atoms with van der Waals surface area (Å²) in [6, 6.07) is 0.498. The molecule has 0 aliphatic carbocycles. The molecule has 1 unspecified atom stereocenters. The second kappa shape index (κ2) is 5.69. The molecule has 0 aromatic carbocycles. The molecule has 6 nitrogen and oxygen atoms in total. The highest BCUT2D eigenvalue weighted by Gasteiger charge is 2.22. The zero-order valence-electron chi connectivity index (χ0n) is 11.5. The number of carboxylic acids is 1. The summed E-state index contributed by atoms with van der Waals surface area (Å²) < 4.78 is 1.21. The van der Waals surface area contributed by atoms with Gasteiger partial charge in [-0.3, -0.25) is 14.2 Å². The second-order valence-electron chi connectivity index (χ2n) is 4.37. The number of likely N-dealkylation sites (N-methyl/N-ethyl adjacent to an activating group) is 1. The fourth-order valence-electron chi connectivity index (χ4n) is 2.14. The van der Waals surface area contributed by atoms with Crippen LogP contribution in [0.25, 0.3) is 0 Å². The first kappa shape index (κ1) is 14.9. The summed E-state index contributed by atoms with van der Waals surface area (Å²) in [5.74, 6) is -1.42. The minimum atomic E-state index is -1.10. The summed E-state index contributed by atoms with van der Waals surface area (Å²) >= 11 is 0. The van der Waals surface area contributed by atoms with E-state index in [1.807, 2.05) is 0 Å². The van der Waals surface area contributed by atoms with Crippen molar-refractivity contribution in [2.24, 2.45) is 0 Å². The van der Waals surface area contributed by atoms with Gasteiger partial charge in [-0.1, -0.05) is 0 Å². The van der Waals surface area contributed by atoms with E-state index in [0.717, 1.165) is 0 Å². The lowest BCUT2D eigenvalue weighted by Gasteiger charge is -2.19. The highest BCUT2D eigenvalue weighted by atomic mass is 16.4. The van der Waals surface area contributed by atoms with Gasteiger partial charge in [0.2, 0.25) is 5.91 Å². The van der Waals surface area contributed by atoms with Crippen molar-refractivity contribution in [2.75, 3.05) is 6.54 Å². The molecule has 0 spiro atoms. The van der Waals surface area contributed by atoms with E-state index in [1.165, 1.54) is 17.6 Å². The number of carboxylic acid groups (broad SMARTS) is 1. The first-order valence-electron chi connectivity index (χ1n) is 6.05. The third-order valence-electron chi connectivity index (χ3n) is 3.03. The number of nitrogens with zero attached hydrogens (tertiary/aromatic N) is 1. The monoisotopic (exact) mass is 266 g/mol. The van der Waals surface area contributed by atoms with Gasteiger partial charge >= 0.3 is 5.97 Å². The standard InChI is InChI=1S/C13H18N2O4/c1-5-14-12(17)9(4)15-8(3)11(13(18)19)7(2)6-10(15)16/h6,9H,5H2,1-4H3,(H,14,17)(H,18,19). The summed E-state index contributed by atoms with van der Waals surface area (Å²) in [6.45, 7) is 6.90. The van der Waals surface area contributed by atoms with E-state index in [9.17, 15) is 14.4 Å². The molecule has 0 radical (unpaired) electrons. The van der Waals surface area contributed by atoms with E-state index in [2.05, 4.69) is 5.32 Å². The van der Waals surface area contributed by atoms with Gasteiger partial charge in [0.15, 0.2) is 0 Å². The number of hydrogen-bond donors (Lipinski definition) is 2. The Morgan fingerprint density at radius 2 is 2.00 bits per heavy atom. The highest BCUT2D eigenvalue weighted by Crippen LogP contribution is 2.15. The molecule has 6 heteroatoms. The van der Waals surface area contributed by atoms with Gasteiger partial charge in [-0.2, -0.15) is 0 Å². The van der Waals surface area contributed by atoms with E-state index in [0.29, 0.717) is 12.1 Å². The van der Waals surface area contributed by atoms with Crippen LogP contribution in [0.2, 0.25) is 0 Å². The Balaban J connectivity index is 3.44. The quantitative estimate of drug-likeness (QED) is 0.846. The van der Waals surface area contributed by atoms with Crippen LogP contribution in [0.4, 0.5) is 0 Å². The lowest BCUT2D eigenvalue weighted by Crippen LogP contribution is -2.37. The third kappa shape index (κ3) is 2.83. The summed E-state index contributed by atoms with van der Waals surface area (Å²) in [5, 5.41) is 11.8. The molecule has 1 atom stereocenters. The van der Waals surface area contributed by atoms with Crippen LogP contribution in [0.1, 0.15) is 41.5 Å². The molecule has 19 heavy (non-hydrogen) atoms. The Hall–Kier alpha value is -2.11. The van der Waals surface area contributed by atoms with Crippen LogP contribution in [0, 0.1) is 13.8 Å². The number of amides is 1. The van der Waals surface area contributed by atoms with Gasteiger partial charge in [-0.15, -0.1) is 0 Å². The first-order valence-corrected chi connectivity index (χ1v) is 6.05. The Labute approximate surface area is 111 Å². The van der Waals surface area contributed by atoms with Gasteiger partial charge in [0.05, 0.1) is 5.56 Å². The van der Waals surface area contributed by atoms with Crippen LogP contribution in [0.15, 0.2) is 10.9 Å². The van der Waals surface area contributed by atoms with Crippen molar-refractivity contribution in [3.63, 3.8) is 0 Å². The van der Waals surface area contributed by atoms with Gasteiger partial charge in [0.1, 0.15) is 6.04 Å². The molecule has 1 aromatic rings. The SMILES string of the molecule is CCNC(=O)C(C)n1c(C)c(C(=O)O)c(C)cc1=O. The Morgan fingerprint density at radius 1 is 1.42 bits per heavy atom. The van der Waals surface area contributed by atoms with Crippen LogP contribution >= 0.6 is 0 Å². The smallest absolute Gasteiger partial charge is 0.337 e. The number of carbonyl (C=O) groups is 2. The molecule has 0 aliphatic heterocycles. The van der Waals surface area contributed by atoms with E-state index in [4.69, 9.17) is 5.11 Å². The molecule has 104 valence electrons. The van der Waals surface area contributed by atoms with Gasteiger partial charge in [0.25, 0.3) is 5.56 Å². The zero-order valence-corrected chi connectivity index (χ0v) is 11.5. The Bertz CT molecular complexity index is 575. The number of pyridine rings is 1. The molecule has 1 heterocycles. The van der Waals surface area contributed by atoms with Crippen molar-refractivity contribution >= 4 is 11.9 Å². The van der Waals surface area contributed by atoms with Crippen molar-refractivity contribution in [1.82, 2.24) is 9.88 Å². The summed E-state index contributed by atoms with van der Waals surface area (Å²) in [6.07, 6.45) is 0. The van der Waals surface area contributed by atoms with E-state index in [1.54, 1.807) is 20.8 Å². The molecule has 2 N–H and O–H groups in total. The van der Waals surface area contributed by atoms with Crippen molar-refractivity contribution in [1.29, 1.82) is 0 Å². The van der Waals surface area contributed by atoms with Gasteiger partial charge in [-0.05, 0) is 33.3 Å². The molecule has 0 saturated heterocycles. The lowest BCUT2D eigenvalue weighted by molar-refractivity contribution is -0.123. The molecule has 0 saturated carbocycles. The Kier molecular flexibility index (Phi) is 4.47. The Morgan fingerprint density at radius 3 is 2.47 bits per heavy atom. The van der Waals surface area contributed by atoms with Crippen LogP contribution < -0.4 is 10.9 Å². The molecule has 1 aromatic heterocycles. The average molecular weight is 266 g/mol. The van der Waals surface area contributed by atoms with Gasteiger partial charge in [0, 0.05) is 18.3 Å². The molecule has 1 amide bonds.